The lowest BCUT2D eigenvalue weighted by molar-refractivity contribution is -0.128. The molecule has 1 aromatic carbocycles. The highest BCUT2D eigenvalue weighted by Crippen LogP contribution is 2.28. The van der Waals surface area contributed by atoms with Gasteiger partial charge in [-0.3, -0.25) is 9.89 Å². The second-order valence-corrected chi connectivity index (χ2v) is 5.68. The number of benzene rings is 1. The number of hydrogen-bond acceptors (Lipinski definition) is 3. The summed E-state index contributed by atoms with van der Waals surface area (Å²) in [5, 5.41) is 7.14. The molecular formula is C15H18N4OS. The Balaban J connectivity index is 1.77. The van der Waals surface area contributed by atoms with Gasteiger partial charge in [-0.25, -0.2) is 0 Å². The Morgan fingerprint density at radius 1 is 1.38 bits per heavy atom. The molecule has 1 aromatic heterocycles. The van der Waals surface area contributed by atoms with E-state index in [1.165, 1.54) is 0 Å². The van der Waals surface area contributed by atoms with Crippen LogP contribution in [0.15, 0.2) is 30.3 Å². The van der Waals surface area contributed by atoms with Crippen LogP contribution in [0.3, 0.4) is 0 Å². The van der Waals surface area contributed by atoms with Gasteiger partial charge in [-0.2, -0.15) is 5.10 Å². The normalized spacial score (nSPS) is 18.4. The Hall–Kier alpha value is -1.95. The van der Waals surface area contributed by atoms with Crippen LogP contribution in [0.25, 0.3) is 0 Å². The third-order valence-corrected chi connectivity index (χ3v) is 4.21. The molecule has 21 heavy (non-hydrogen) atoms. The van der Waals surface area contributed by atoms with Gasteiger partial charge in [-0.05, 0) is 24.7 Å². The van der Waals surface area contributed by atoms with Gasteiger partial charge in [-0.1, -0.05) is 30.3 Å². The van der Waals surface area contributed by atoms with Gasteiger partial charge in [0.1, 0.15) is 5.82 Å². The zero-order valence-electron chi connectivity index (χ0n) is 12.0. The third-order valence-electron chi connectivity index (χ3n) is 3.90. The van der Waals surface area contributed by atoms with Gasteiger partial charge in [-0.15, -0.1) is 0 Å². The molecule has 1 amide bonds. The Morgan fingerprint density at radius 3 is 2.86 bits per heavy atom. The highest BCUT2D eigenvalue weighted by Gasteiger charge is 2.33. The zero-order valence-corrected chi connectivity index (χ0v) is 12.8. The quantitative estimate of drug-likeness (QED) is 0.883. The summed E-state index contributed by atoms with van der Waals surface area (Å²) in [7, 11) is 0. The third kappa shape index (κ3) is 2.76. The summed E-state index contributed by atoms with van der Waals surface area (Å²) in [6.07, 6.45) is 0.506. The summed E-state index contributed by atoms with van der Waals surface area (Å²) in [5.74, 6) is 1.20. The Morgan fingerprint density at radius 2 is 2.14 bits per heavy atom. The molecule has 5 nitrogen and oxygen atoms in total. The maximum absolute atomic E-state index is 12.2. The molecule has 1 aliphatic rings. The van der Waals surface area contributed by atoms with Gasteiger partial charge in [0.2, 0.25) is 5.91 Å². The monoisotopic (exact) mass is 302 g/mol. The topological polar surface area (TPSA) is 53.9 Å². The van der Waals surface area contributed by atoms with Crippen molar-refractivity contribution in [3.05, 3.63) is 46.5 Å². The Labute approximate surface area is 128 Å². The summed E-state index contributed by atoms with van der Waals surface area (Å²) < 4.78 is 2.60. The maximum atomic E-state index is 12.2. The molecule has 2 aromatic rings. The molecule has 1 unspecified atom stereocenters. The summed E-state index contributed by atoms with van der Waals surface area (Å²) in [6.45, 7) is 4.17. The summed E-state index contributed by atoms with van der Waals surface area (Å²) >= 11 is 5.22. The van der Waals surface area contributed by atoms with E-state index in [9.17, 15) is 4.79 Å². The van der Waals surface area contributed by atoms with Crippen molar-refractivity contribution in [2.75, 3.05) is 6.54 Å². The van der Waals surface area contributed by atoms with Gasteiger partial charge >= 0.3 is 0 Å². The van der Waals surface area contributed by atoms with Gasteiger partial charge in [0, 0.05) is 32.0 Å². The SMILES string of the molecule is CCn1c(C2CC(=O)N(Cc3ccccc3)C2)n[nH]c1=S. The van der Waals surface area contributed by atoms with E-state index < -0.39 is 0 Å². The van der Waals surface area contributed by atoms with E-state index in [1.807, 2.05) is 46.7 Å². The smallest absolute Gasteiger partial charge is 0.223 e. The first kappa shape index (κ1) is 14.0. The lowest BCUT2D eigenvalue weighted by Gasteiger charge is -2.16. The molecule has 0 bridgehead atoms. The lowest BCUT2D eigenvalue weighted by Crippen LogP contribution is -2.24. The Bertz CT molecular complexity index is 691. The maximum Gasteiger partial charge on any atom is 0.223 e. The van der Waals surface area contributed by atoms with E-state index in [1.54, 1.807) is 0 Å². The van der Waals surface area contributed by atoms with Crippen molar-refractivity contribution in [3.63, 3.8) is 0 Å². The molecule has 6 heteroatoms. The van der Waals surface area contributed by atoms with Crippen LogP contribution in [0.1, 0.15) is 30.7 Å². The number of amides is 1. The van der Waals surface area contributed by atoms with Crippen molar-refractivity contribution < 1.29 is 4.79 Å². The van der Waals surface area contributed by atoms with Crippen molar-refractivity contribution >= 4 is 18.1 Å². The molecule has 1 saturated heterocycles. The number of aromatic nitrogens is 3. The van der Waals surface area contributed by atoms with Crippen LogP contribution >= 0.6 is 12.2 Å². The van der Waals surface area contributed by atoms with Gasteiger partial charge in [0.05, 0.1) is 0 Å². The predicted octanol–water partition coefficient (Wildman–Crippen LogP) is 2.48. The van der Waals surface area contributed by atoms with Crippen molar-refractivity contribution in [2.45, 2.75) is 32.4 Å². The number of H-pyrrole nitrogens is 1. The molecule has 1 fully saturated rings. The number of carbonyl (C=O) groups excluding carboxylic acids is 1. The fraction of sp³-hybridized carbons (Fsp3) is 0.400. The summed E-state index contributed by atoms with van der Waals surface area (Å²) in [6, 6.07) is 10.1. The number of rotatable bonds is 4. The van der Waals surface area contributed by atoms with Crippen LogP contribution in [0, 0.1) is 4.77 Å². The number of aromatic amines is 1. The van der Waals surface area contributed by atoms with Gasteiger partial charge in [0.15, 0.2) is 4.77 Å². The minimum atomic E-state index is 0.120. The van der Waals surface area contributed by atoms with Crippen molar-refractivity contribution in [2.24, 2.45) is 0 Å². The van der Waals surface area contributed by atoms with Gasteiger partial charge in [0.25, 0.3) is 0 Å². The van der Waals surface area contributed by atoms with E-state index in [-0.39, 0.29) is 11.8 Å². The molecule has 3 rings (SSSR count). The van der Waals surface area contributed by atoms with Crippen LogP contribution in [0.2, 0.25) is 0 Å². The first-order chi connectivity index (χ1) is 10.2. The molecule has 0 aliphatic carbocycles. The molecule has 1 N–H and O–H groups in total. The molecule has 110 valence electrons. The first-order valence-corrected chi connectivity index (χ1v) is 7.56. The minimum Gasteiger partial charge on any atom is -0.338 e. The zero-order chi connectivity index (χ0) is 14.8. The highest BCUT2D eigenvalue weighted by atomic mass is 32.1. The van der Waals surface area contributed by atoms with Crippen LogP contribution in [-0.4, -0.2) is 32.1 Å². The fourth-order valence-electron chi connectivity index (χ4n) is 2.85. The number of nitrogens with zero attached hydrogens (tertiary/aromatic N) is 3. The molecule has 0 radical (unpaired) electrons. The summed E-state index contributed by atoms with van der Waals surface area (Å²) in [5.41, 5.74) is 1.15. The molecule has 1 atom stereocenters. The second kappa shape index (κ2) is 5.81. The molecule has 2 heterocycles. The van der Waals surface area contributed by atoms with E-state index in [0.717, 1.165) is 17.9 Å². The number of hydrogen-bond donors (Lipinski definition) is 1. The molecular weight excluding hydrogens is 284 g/mol. The second-order valence-electron chi connectivity index (χ2n) is 5.29. The average Bonchev–Trinajstić information content (AvgIpc) is 3.03. The van der Waals surface area contributed by atoms with Crippen molar-refractivity contribution in [1.82, 2.24) is 19.7 Å². The molecule has 0 spiro atoms. The number of likely N-dealkylation sites (tertiary alicyclic amines) is 1. The standard InChI is InChI=1S/C15H18N4OS/c1-2-19-14(16-17-15(19)21)12-8-13(20)18(10-12)9-11-6-4-3-5-7-11/h3-7,12H,2,8-10H2,1H3,(H,17,21). The van der Waals surface area contributed by atoms with Crippen molar-refractivity contribution in [1.29, 1.82) is 0 Å². The van der Waals surface area contributed by atoms with E-state index >= 15 is 0 Å². The molecule has 1 aliphatic heterocycles. The van der Waals surface area contributed by atoms with Crippen LogP contribution in [0.4, 0.5) is 0 Å². The van der Waals surface area contributed by atoms with Crippen molar-refractivity contribution in [3.8, 4) is 0 Å². The largest absolute Gasteiger partial charge is 0.338 e. The van der Waals surface area contributed by atoms with E-state index in [2.05, 4.69) is 10.2 Å². The van der Waals surface area contributed by atoms with E-state index in [0.29, 0.717) is 24.3 Å². The summed E-state index contributed by atoms with van der Waals surface area (Å²) in [4.78, 5) is 14.1. The minimum absolute atomic E-state index is 0.120. The number of nitrogens with one attached hydrogen (secondary N) is 1. The van der Waals surface area contributed by atoms with Gasteiger partial charge < -0.3 is 9.47 Å². The Kier molecular flexibility index (Phi) is 3.88. The molecule has 0 saturated carbocycles. The predicted molar refractivity (Wildman–Crippen MR) is 82.3 cm³/mol. The average molecular weight is 302 g/mol. The fourth-order valence-corrected chi connectivity index (χ4v) is 3.12. The first-order valence-electron chi connectivity index (χ1n) is 7.16. The van der Waals surface area contributed by atoms with E-state index in [4.69, 9.17) is 12.2 Å². The van der Waals surface area contributed by atoms with Crippen LogP contribution in [-0.2, 0) is 17.9 Å². The lowest BCUT2D eigenvalue weighted by atomic mass is 10.1. The number of carbonyl (C=O) groups is 1. The van der Waals surface area contributed by atoms with Crippen LogP contribution < -0.4 is 0 Å². The van der Waals surface area contributed by atoms with Crippen LogP contribution in [0.5, 0.6) is 0 Å². The highest BCUT2D eigenvalue weighted by molar-refractivity contribution is 7.71.